The lowest BCUT2D eigenvalue weighted by Gasteiger charge is -2.01. The van der Waals surface area contributed by atoms with Gasteiger partial charge in [0.2, 0.25) is 0 Å². The highest BCUT2D eigenvalue weighted by molar-refractivity contribution is 5.21. The molecular weight excluding hydrogens is 124 g/mol. The third-order valence-electron chi connectivity index (χ3n) is 1.24. The van der Waals surface area contributed by atoms with Crippen molar-refractivity contribution >= 4 is 0 Å². The van der Waals surface area contributed by atoms with Crippen LogP contribution in [0.25, 0.3) is 0 Å². The number of hydrogen-bond acceptors (Lipinski definition) is 2. The fraction of sp³-hybridized carbons (Fsp3) is 0.125. The first-order chi connectivity index (χ1) is 4.84. The van der Waals surface area contributed by atoms with Gasteiger partial charge in [-0.2, -0.15) is 0 Å². The molecule has 2 nitrogen and oxygen atoms in total. The van der Waals surface area contributed by atoms with Crippen LogP contribution in [0.5, 0.6) is 0 Å². The first kappa shape index (κ1) is 6.79. The van der Waals surface area contributed by atoms with Crippen molar-refractivity contribution < 1.29 is 0 Å². The van der Waals surface area contributed by atoms with Crippen molar-refractivity contribution in [3.63, 3.8) is 0 Å². The molecule has 0 radical (unpaired) electrons. The summed E-state index contributed by atoms with van der Waals surface area (Å²) in [6.45, 7) is 0. The van der Waals surface area contributed by atoms with E-state index in [1.807, 2.05) is 12.1 Å². The fourth-order valence-corrected chi connectivity index (χ4v) is 0.667. The molecule has 1 atom stereocenters. The SMILES string of the molecule is C#C[C@@H](N)c1ccncc1. The molecular formula is C8H8N2. The molecule has 1 heterocycles. The minimum Gasteiger partial charge on any atom is -0.314 e. The molecule has 2 N–H and O–H groups in total. The van der Waals surface area contributed by atoms with Crippen LogP contribution in [0.3, 0.4) is 0 Å². The Morgan fingerprint density at radius 3 is 2.60 bits per heavy atom. The van der Waals surface area contributed by atoms with Crippen molar-refractivity contribution in [3.05, 3.63) is 30.1 Å². The third kappa shape index (κ3) is 1.34. The quantitative estimate of drug-likeness (QED) is 0.572. The van der Waals surface area contributed by atoms with E-state index in [9.17, 15) is 0 Å². The van der Waals surface area contributed by atoms with Crippen LogP contribution < -0.4 is 5.73 Å². The van der Waals surface area contributed by atoms with Gasteiger partial charge in [-0.25, -0.2) is 0 Å². The Balaban J connectivity index is 2.88. The average molecular weight is 132 g/mol. The van der Waals surface area contributed by atoms with Gasteiger partial charge in [-0.1, -0.05) is 5.92 Å². The van der Waals surface area contributed by atoms with Crippen molar-refractivity contribution in [2.24, 2.45) is 5.73 Å². The summed E-state index contributed by atoms with van der Waals surface area (Å²) in [4.78, 5) is 3.84. The maximum Gasteiger partial charge on any atom is 0.0919 e. The number of rotatable bonds is 1. The highest BCUT2D eigenvalue weighted by Crippen LogP contribution is 2.05. The first-order valence-corrected chi connectivity index (χ1v) is 2.96. The highest BCUT2D eigenvalue weighted by Gasteiger charge is 1.97. The summed E-state index contributed by atoms with van der Waals surface area (Å²) >= 11 is 0. The standard InChI is InChI=1S/C8H8N2/c1-2-8(9)7-3-5-10-6-4-7/h1,3-6,8H,9H2/t8-/m1/s1. The van der Waals surface area contributed by atoms with Gasteiger partial charge in [0.15, 0.2) is 0 Å². The van der Waals surface area contributed by atoms with E-state index in [2.05, 4.69) is 10.9 Å². The van der Waals surface area contributed by atoms with Crippen molar-refractivity contribution in [1.29, 1.82) is 0 Å². The molecule has 0 bridgehead atoms. The van der Waals surface area contributed by atoms with Crippen LogP contribution in [-0.4, -0.2) is 4.98 Å². The van der Waals surface area contributed by atoms with Gasteiger partial charge in [-0.05, 0) is 17.7 Å². The van der Waals surface area contributed by atoms with Gasteiger partial charge in [-0.15, -0.1) is 6.42 Å². The molecule has 50 valence electrons. The fourth-order valence-electron chi connectivity index (χ4n) is 0.667. The lowest BCUT2D eigenvalue weighted by atomic mass is 10.1. The molecule has 0 aliphatic carbocycles. The Bertz CT molecular complexity index is 235. The molecule has 0 unspecified atom stereocenters. The highest BCUT2D eigenvalue weighted by atomic mass is 14.6. The Labute approximate surface area is 60.1 Å². The zero-order chi connectivity index (χ0) is 7.40. The van der Waals surface area contributed by atoms with Crippen LogP contribution in [0, 0.1) is 12.3 Å². The summed E-state index contributed by atoms with van der Waals surface area (Å²) in [5.41, 5.74) is 6.46. The smallest absolute Gasteiger partial charge is 0.0919 e. The monoisotopic (exact) mass is 132 g/mol. The zero-order valence-corrected chi connectivity index (χ0v) is 5.49. The molecule has 0 amide bonds. The van der Waals surface area contributed by atoms with Crippen LogP contribution in [0.4, 0.5) is 0 Å². The zero-order valence-electron chi connectivity index (χ0n) is 5.49. The maximum atomic E-state index is 5.53. The predicted molar refractivity (Wildman–Crippen MR) is 40.0 cm³/mol. The molecule has 0 saturated carbocycles. The van der Waals surface area contributed by atoms with E-state index in [1.165, 1.54) is 0 Å². The summed E-state index contributed by atoms with van der Waals surface area (Å²) in [6, 6.07) is 3.32. The molecule has 0 aromatic carbocycles. The van der Waals surface area contributed by atoms with E-state index in [0.717, 1.165) is 5.56 Å². The Morgan fingerprint density at radius 2 is 2.10 bits per heavy atom. The van der Waals surface area contributed by atoms with E-state index >= 15 is 0 Å². The normalized spacial score (nSPS) is 12.0. The van der Waals surface area contributed by atoms with E-state index in [4.69, 9.17) is 12.2 Å². The summed E-state index contributed by atoms with van der Waals surface area (Å²) in [5, 5.41) is 0. The molecule has 2 heteroatoms. The topological polar surface area (TPSA) is 38.9 Å². The molecule has 0 fully saturated rings. The van der Waals surface area contributed by atoms with E-state index < -0.39 is 0 Å². The first-order valence-electron chi connectivity index (χ1n) is 2.96. The van der Waals surface area contributed by atoms with Crippen molar-refractivity contribution in [3.8, 4) is 12.3 Å². The van der Waals surface area contributed by atoms with Crippen LogP contribution in [0.1, 0.15) is 11.6 Å². The molecule has 0 saturated heterocycles. The molecule has 1 aromatic rings. The van der Waals surface area contributed by atoms with Crippen molar-refractivity contribution in [1.82, 2.24) is 4.98 Å². The van der Waals surface area contributed by atoms with Gasteiger partial charge in [0.05, 0.1) is 6.04 Å². The van der Waals surface area contributed by atoms with Gasteiger partial charge in [0, 0.05) is 12.4 Å². The largest absolute Gasteiger partial charge is 0.314 e. The molecule has 0 spiro atoms. The summed E-state index contributed by atoms with van der Waals surface area (Å²) in [6.07, 6.45) is 8.45. The van der Waals surface area contributed by atoms with Crippen molar-refractivity contribution in [2.75, 3.05) is 0 Å². The Kier molecular flexibility index (Phi) is 2.03. The molecule has 10 heavy (non-hydrogen) atoms. The summed E-state index contributed by atoms with van der Waals surface area (Å²) in [7, 11) is 0. The van der Waals surface area contributed by atoms with Gasteiger partial charge in [0.1, 0.15) is 0 Å². The van der Waals surface area contributed by atoms with E-state index in [1.54, 1.807) is 12.4 Å². The van der Waals surface area contributed by atoms with Crippen LogP contribution >= 0.6 is 0 Å². The molecule has 0 aliphatic rings. The second kappa shape index (κ2) is 3.00. The van der Waals surface area contributed by atoms with E-state index in [0.29, 0.717) is 0 Å². The number of aromatic nitrogens is 1. The van der Waals surface area contributed by atoms with Crippen LogP contribution in [0.15, 0.2) is 24.5 Å². The van der Waals surface area contributed by atoms with Gasteiger partial charge >= 0.3 is 0 Å². The number of nitrogens with zero attached hydrogens (tertiary/aromatic N) is 1. The molecule has 1 rings (SSSR count). The lowest BCUT2D eigenvalue weighted by molar-refractivity contribution is 0.940. The van der Waals surface area contributed by atoms with Gasteiger partial charge in [-0.3, -0.25) is 4.98 Å². The van der Waals surface area contributed by atoms with Gasteiger partial charge in [0.25, 0.3) is 0 Å². The van der Waals surface area contributed by atoms with Gasteiger partial charge < -0.3 is 5.73 Å². The molecule has 0 aliphatic heterocycles. The number of nitrogens with two attached hydrogens (primary N) is 1. The minimum atomic E-state index is -0.303. The van der Waals surface area contributed by atoms with E-state index in [-0.39, 0.29) is 6.04 Å². The molecule has 1 aromatic heterocycles. The summed E-state index contributed by atoms with van der Waals surface area (Å²) in [5.74, 6) is 2.43. The summed E-state index contributed by atoms with van der Waals surface area (Å²) < 4.78 is 0. The lowest BCUT2D eigenvalue weighted by Crippen LogP contribution is -2.06. The second-order valence-corrected chi connectivity index (χ2v) is 1.92. The number of pyridine rings is 1. The van der Waals surface area contributed by atoms with Crippen LogP contribution in [-0.2, 0) is 0 Å². The Morgan fingerprint density at radius 1 is 1.50 bits per heavy atom. The number of hydrogen-bond donors (Lipinski definition) is 1. The third-order valence-corrected chi connectivity index (χ3v) is 1.24. The van der Waals surface area contributed by atoms with Crippen molar-refractivity contribution in [2.45, 2.75) is 6.04 Å². The average Bonchev–Trinajstić information content (AvgIpc) is 2.05. The number of terminal acetylenes is 1. The maximum absolute atomic E-state index is 5.53. The van der Waals surface area contributed by atoms with Crippen LogP contribution in [0.2, 0.25) is 0 Å². The Hall–Kier alpha value is -1.33. The predicted octanol–water partition coefficient (Wildman–Crippen LogP) is 0.715. The minimum absolute atomic E-state index is 0.303. The second-order valence-electron chi connectivity index (χ2n) is 1.92.